The van der Waals surface area contributed by atoms with Gasteiger partial charge in [-0.25, -0.2) is 4.79 Å². The minimum absolute atomic E-state index is 0.0962. The van der Waals surface area contributed by atoms with E-state index >= 15 is 0 Å². The minimum Gasteiger partial charge on any atom is -0.351 e. The van der Waals surface area contributed by atoms with Gasteiger partial charge in [-0.1, -0.05) is 0 Å². The lowest BCUT2D eigenvalue weighted by Gasteiger charge is -2.29. The number of urea groups is 1. The summed E-state index contributed by atoms with van der Waals surface area (Å²) < 4.78 is 0. The Hall–Kier alpha value is -1.63. The van der Waals surface area contributed by atoms with Crippen molar-refractivity contribution in [3.8, 4) is 0 Å². The Morgan fingerprint density at radius 2 is 2.21 bits per heavy atom. The van der Waals surface area contributed by atoms with Gasteiger partial charge in [0.1, 0.15) is 12.1 Å². The van der Waals surface area contributed by atoms with E-state index in [1.807, 2.05) is 0 Å². The summed E-state index contributed by atoms with van der Waals surface area (Å²) in [5, 5.41) is 8.31. The van der Waals surface area contributed by atoms with Crippen molar-refractivity contribution in [3.63, 3.8) is 0 Å². The number of hydrogen-bond donors (Lipinski definition) is 3. The van der Waals surface area contributed by atoms with Gasteiger partial charge in [0.05, 0.1) is 0 Å². The maximum atomic E-state index is 11.9. The number of imide groups is 1. The second kappa shape index (κ2) is 5.16. The summed E-state index contributed by atoms with van der Waals surface area (Å²) in [5.41, 5.74) is -0.973. The first-order chi connectivity index (χ1) is 8.91. The zero-order valence-corrected chi connectivity index (χ0v) is 11.3. The third kappa shape index (κ3) is 2.86. The monoisotopic (exact) mass is 268 g/mol. The first-order valence-corrected chi connectivity index (χ1v) is 6.54. The van der Waals surface area contributed by atoms with Crippen molar-refractivity contribution in [3.05, 3.63) is 0 Å². The van der Waals surface area contributed by atoms with E-state index < -0.39 is 11.6 Å². The molecule has 0 radical (unpaired) electrons. The van der Waals surface area contributed by atoms with Gasteiger partial charge in [-0.05, 0) is 33.2 Å². The average molecular weight is 268 g/mol. The number of carbonyl (C=O) groups excluding carboxylic acids is 3. The molecule has 2 aliphatic heterocycles. The van der Waals surface area contributed by atoms with Crippen LogP contribution in [0, 0.1) is 0 Å². The number of carbonyl (C=O) groups is 3. The second-order valence-electron chi connectivity index (χ2n) is 5.52. The molecule has 0 saturated carbocycles. The Balaban J connectivity index is 1.91. The van der Waals surface area contributed by atoms with Crippen LogP contribution < -0.4 is 16.0 Å². The standard InChI is InChI=1S/C12H20N4O3/c1-12(2)10(18)15-11(19)16(12)7-9(17)14-8-4-3-5-13-6-8/h8,13H,3-7H2,1-2H3,(H,14,17)(H,15,18,19). The molecule has 19 heavy (non-hydrogen) atoms. The molecule has 0 aliphatic carbocycles. The molecule has 4 amide bonds. The molecule has 2 saturated heterocycles. The van der Waals surface area contributed by atoms with E-state index in [1.54, 1.807) is 13.8 Å². The molecule has 7 heteroatoms. The maximum Gasteiger partial charge on any atom is 0.325 e. The number of piperidine rings is 1. The quantitative estimate of drug-likeness (QED) is 0.584. The topological polar surface area (TPSA) is 90.5 Å². The van der Waals surface area contributed by atoms with Crippen LogP contribution in [-0.4, -0.2) is 54.0 Å². The summed E-state index contributed by atoms with van der Waals surface area (Å²) in [4.78, 5) is 36.4. The predicted molar refractivity (Wildman–Crippen MR) is 68.4 cm³/mol. The van der Waals surface area contributed by atoms with Crippen molar-refractivity contribution < 1.29 is 14.4 Å². The molecule has 0 spiro atoms. The smallest absolute Gasteiger partial charge is 0.325 e. The Labute approximate surface area is 112 Å². The zero-order chi connectivity index (χ0) is 14.0. The summed E-state index contributed by atoms with van der Waals surface area (Å²) in [7, 11) is 0. The van der Waals surface area contributed by atoms with E-state index in [0.29, 0.717) is 0 Å². The molecule has 3 N–H and O–H groups in total. The highest BCUT2D eigenvalue weighted by molar-refractivity contribution is 6.07. The van der Waals surface area contributed by atoms with Crippen LogP contribution in [0.5, 0.6) is 0 Å². The van der Waals surface area contributed by atoms with E-state index in [-0.39, 0.29) is 24.4 Å². The van der Waals surface area contributed by atoms with Crippen LogP contribution in [0.25, 0.3) is 0 Å². The van der Waals surface area contributed by atoms with Crippen LogP contribution in [-0.2, 0) is 9.59 Å². The van der Waals surface area contributed by atoms with E-state index in [2.05, 4.69) is 16.0 Å². The van der Waals surface area contributed by atoms with Gasteiger partial charge < -0.3 is 15.5 Å². The lowest BCUT2D eigenvalue weighted by atomic mass is 10.0. The molecular formula is C12H20N4O3. The third-order valence-corrected chi connectivity index (χ3v) is 3.66. The molecule has 0 aromatic carbocycles. The van der Waals surface area contributed by atoms with E-state index in [9.17, 15) is 14.4 Å². The van der Waals surface area contributed by atoms with Crippen LogP contribution in [0.1, 0.15) is 26.7 Å². The van der Waals surface area contributed by atoms with Crippen molar-refractivity contribution in [2.45, 2.75) is 38.3 Å². The van der Waals surface area contributed by atoms with Crippen LogP contribution >= 0.6 is 0 Å². The number of nitrogens with one attached hydrogen (secondary N) is 3. The molecule has 106 valence electrons. The van der Waals surface area contributed by atoms with Crippen LogP contribution in [0.2, 0.25) is 0 Å². The van der Waals surface area contributed by atoms with Gasteiger partial charge in [0, 0.05) is 12.6 Å². The second-order valence-corrected chi connectivity index (χ2v) is 5.52. The molecule has 2 aliphatic rings. The van der Waals surface area contributed by atoms with Crippen molar-refractivity contribution in [1.29, 1.82) is 0 Å². The van der Waals surface area contributed by atoms with Crippen molar-refractivity contribution in [2.24, 2.45) is 0 Å². The first kappa shape index (κ1) is 13.8. The molecule has 2 fully saturated rings. The molecule has 0 aromatic heterocycles. The fourth-order valence-corrected chi connectivity index (χ4v) is 2.36. The molecular weight excluding hydrogens is 248 g/mol. The van der Waals surface area contributed by atoms with Gasteiger partial charge >= 0.3 is 6.03 Å². The van der Waals surface area contributed by atoms with Crippen LogP contribution in [0.3, 0.4) is 0 Å². The number of amides is 4. The van der Waals surface area contributed by atoms with Crippen molar-refractivity contribution >= 4 is 17.8 Å². The molecule has 1 unspecified atom stereocenters. The zero-order valence-electron chi connectivity index (χ0n) is 11.3. The summed E-state index contributed by atoms with van der Waals surface area (Å²) in [6.07, 6.45) is 1.96. The normalized spacial score (nSPS) is 26.2. The lowest BCUT2D eigenvalue weighted by molar-refractivity contribution is -0.127. The van der Waals surface area contributed by atoms with Crippen LogP contribution in [0.15, 0.2) is 0 Å². The van der Waals surface area contributed by atoms with Gasteiger partial charge in [-0.2, -0.15) is 0 Å². The number of rotatable bonds is 3. The highest BCUT2D eigenvalue weighted by atomic mass is 16.2. The largest absolute Gasteiger partial charge is 0.351 e. The summed E-state index contributed by atoms with van der Waals surface area (Å²) >= 11 is 0. The predicted octanol–water partition coefficient (Wildman–Crippen LogP) is -0.815. The molecule has 7 nitrogen and oxygen atoms in total. The Kier molecular flexibility index (Phi) is 3.75. The van der Waals surface area contributed by atoms with E-state index in [4.69, 9.17) is 0 Å². The molecule has 2 heterocycles. The van der Waals surface area contributed by atoms with Gasteiger partial charge in [-0.15, -0.1) is 0 Å². The first-order valence-electron chi connectivity index (χ1n) is 6.54. The number of nitrogens with zero attached hydrogens (tertiary/aromatic N) is 1. The summed E-state index contributed by atoms with van der Waals surface area (Å²) in [6, 6.07) is -0.405. The van der Waals surface area contributed by atoms with Gasteiger partial charge in [0.2, 0.25) is 5.91 Å². The van der Waals surface area contributed by atoms with Crippen molar-refractivity contribution in [1.82, 2.24) is 20.9 Å². The van der Waals surface area contributed by atoms with Gasteiger partial charge in [0.15, 0.2) is 0 Å². The Morgan fingerprint density at radius 1 is 1.47 bits per heavy atom. The highest BCUT2D eigenvalue weighted by Crippen LogP contribution is 2.20. The Morgan fingerprint density at radius 3 is 2.74 bits per heavy atom. The van der Waals surface area contributed by atoms with Crippen LogP contribution in [0.4, 0.5) is 4.79 Å². The fourth-order valence-electron chi connectivity index (χ4n) is 2.36. The third-order valence-electron chi connectivity index (χ3n) is 3.66. The minimum atomic E-state index is -0.973. The lowest BCUT2D eigenvalue weighted by Crippen LogP contribution is -2.52. The molecule has 2 rings (SSSR count). The number of hydrogen-bond acceptors (Lipinski definition) is 4. The van der Waals surface area contributed by atoms with E-state index in [0.717, 1.165) is 25.9 Å². The molecule has 0 aromatic rings. The molecule has 1 atom stereocenters. The maximum absolute atomic E-state index is 11.9. The van der Waals surface area contributed by atoms with Gasteiger partial charge in [-0.3, -0.25) is 14.9 Å². The van der Waals surface area contributed by atoms with Gasteiger partial charge in [0.25, 0.3) is 5.91 Å². The van der Waals surface area contributed by atoms with Crippen molar-refractivity contribution in [2.75, 3.05) is 19.6 Å². The molecule has 0 bridgehead atoms. The summed E-state index contributed by atoms with van der Waals surface area (Å²) in [6.45, 7) is 4.88. The highest BCUT2D eigenvalue weighted by Gasteiger charge is 2.46. The van der Waals surface area contributed by atoms with E-state index in [1.165, 1.54) is 4.90 Å². The fraction of sp³-hybridized carbons (Fsp3) is 0.750. The SMILES string of the molecule is CC1(C)C(=O)NC(=O)N1CC(=O)NC1CCCNC1. The average Bonchev–Trinajstić information content (AvgIpc) is 2.53. The summed E-state index contributed by atoms with van der Waals surface area (Å²) in [5.74, 6) is -0.601. The Bertz CT molecular complexity index is 402.